The molecule has 4 aromatic rings. The fourth-order valence-electron chi connectivity index (χ4n) is 2.92. The molecule has 0 amide bonds. The predicted molar refractivity (Wildman–Crippen MR) is 121 cm³/mol. The van der Waals surface area contributed by atoms with E-state index in [1.54, 1.807) is 28.7 Å². The molecule has 4 rings (SSSR count). The number of halogens is 2. The molecule has 0 atom stereocenters. The SMILES string of the molecule is O=S(=O)(NCCc1c(-c2cccs2)n[nH]c1-c1cccs1)c1cc(Cl)ccc1Cl. The van der Waals surface area contributed by atoms with Crippen LogP contribution in [0.25, 0.3) is 21.1 Å². The summed E-state index contributed by atoms with van der Waals surface area (Å²) in [5.41, 5.74) is 2.71. The summed E-state index contributed by atoms with van der Waals surface area (Å²) in [6.07, 6.45) is 0.467. The van der Waals surface area contributed by atoms with Crippen LogP contribution in [-0.2, 0) is 16.4 Å². The molecule has 0 fully saturated rings. The predicted octanol–water partition coefficient (Wildman–Crippen LogP) is 5.69. The highest BCUT2D eigenvalue weighted by Gasteiger charge is 2.21. The van der Waals surface area contributed by atoms with Crippen molar-refractivity contribution in [3.8, 4) is 21.1 Å². The molecule has 0 saturated heterocycles. The van der Waals surface area contributed by atoms with E-state index in [9.17, 15) is 8.42 Å². The van der Waals surface area contributed by atoms with Crippen LogP contribution in [0.2, 0.25) is 10.0 Å². The van der Waals surface area contributed by atoms with Crippen LogP contribution < -0.4 is 4.72 Å². The molecule has 0 aliphatic carbocycles. The third kappa shape index (κ3) is 4.42. The van der Waals surface area contributed by atoms with Crippen LogP contribution in [0.15, 0.2) is 58.1 Å². The highest BCUT2D eigenvalue weighted by atomic mass is 35.5. The monoisotopic (exact) mass is 483 g/mol. The summed E-state index contributed by atoms with van der Waals surface area (Å²) in [5, 5.41) is 12.0. The van der Waals surface area contributed by atoms with Crippen molar-refractivity contribution in [1.82, 2.24) is 14.9 Å². The first-order valence-corrected chi connectivity index (χ1v) is 12.6. The van der Waals surface area contributed by atoms with E-state index in [1.165, 1.54) is 12.1 Å². The number of nitrogens with one attached hydrogen (secondary N) is 2. The number of thiophene rings is 2. The van der Waals surface area contributed by atoms with Gasteiger partial charge in [0, 0.05) is 17.1 Å². The molecular formula is C19H15Cl2N3O2S3. The Hall–Kier alpha value is -1.68. The highest BCUT2D eigenvalue weighted by Crippen LogP contribution is 2.34. The lowest BCUT2D eigenvalue weighted by Gasteiger charge is -2.09. The third-order valence-corrected chi connectivity index (χ3v) is 8.18. The van der Waals surface area contributed by atoms with E-state index in [0.717, 1.165) is 26.7 Å². The maximum atomic E-state index is 12.7. The fraction of sp³-hybridized carbons (Fsp3) is 0.105. The minimum absolute atomic E-state index is 0.0316. The van der Waals surface area contributed by atoms with Gasteiger partial charge in [0.25, 0.3) is 0 Å². The first-order valence-electron chi connectivity index (χ1n) is 8.55. The lowest BCUT2D eigenvalue weighted by molar-refractivity contribution is 0.582. The first-order chi connectivity index (χ1) is 14.0. The number of H-pyrrole nitrogens is 1. The summed E-state index contributed by atoms with van der Waals surface area (Å²) >= 11 is 15.2. The van der Waals surface area contributed by atoms with E-state index >= 15 is 0 Å². The molecule has 0 unspecified atom stereocenters. The zero-order valence-electron chi connectivity index (χ0n) is 14.9. The normalized spacial score (nSPS) is 11.8. The maximum absolute atomic E-state index is 12.7. The molecular weight excluding hydrogens is 469 g/mol. The zero-order chi connectivity index (χ0) is 20.4. The molecule has 0 radical (unpaired) electrons. The van der Waals surface area contributed by atoms with E-state index in [1.807, 2.05) is 35.0 Å². The molecule has 0 saturated carbocycles. The second-order valence-corrected chi connectivity index (χ2v) is 10.6. The van der Waals surface area contributed by atoms with Gasteiger partial charge in [-0.25, -0.2) is 13.1 Å². The smallest absolute Gasteiger partial charge is 0.242 e. The number of sulfonamides is 1. The number of benzene rings is 1. The summed E-state index contributed by atoms with van der Waals surface area (Å²) in [5.74, 6) is 0. The Bertz CT molecular complexity index is 1170. The third-order valence-electron chi connectivity index (χ3n) is 4.24. The highest BCUT2D eigenvalue weighted by molar-refractivity contribution is 7.89. The first kappa shape index (κ1) is 20.6. The second-order valence-electron chi connectivity index (χ2n) is 6.10. The maximum Gasteiger partial charge on any atom is 0.242 e. The van der Waals surface area contributed by atoms with Gasteiger partial charge in [-0.1, -0.05) is 35.3 Å². The Balaban J connectivity index is 1.60. The fourth-order valence-corrected chi connectivity index (χ4v) is 6.20. The van der Waals surface area contributed by atoms with Crippen LogP contribution >= 0.6 is 45.9 Å². The Morgan fingerprint density at radius 3 is 2.45 bits per heavy atom. The average Bonchev–Trinajstić information content (AvgIpc) is 3.44. The molecule has 3 aromatic heterocycles. The van der Waals surface area contributed by atoms with Crippen molar-refractivity contribution in [2.75, 3.05) is 6.54 Å². The number of aromatic nitrogens is 2. The van der Waals surface area contributed by atoms with Crippen molar-refractivity contribution in [3.63, 3.8) is 0 Å². The van der Waals surface area contributed by atoms with Gasteiger partial charge in [-0.05, 0) is 47.5 Å². The van der Waals surface area contributed by atoms with Crippen molar-refractivity contribution < 1.29 is 8.42 Å². The van der Waals surface area contributed by atoms with Gasteiger partial charge < -0.3 is 0 Å². The van der Waals surface area contributed by atoms with Gasteiger partial charge in [-0.2, -0.15) is 5.10 Å². The van der Waals surface area contributed by atoms with Crippen LogP contribution in [0.1, 0.15) is 5.56 Å². The summed E-state index contributed by atoms with van der Waals surface area (Å²) in [7, 11) is -3.79. The Labute approximate surface area is 186 Å². The summed E-state index contributed by atoms with van der Waals surface area (Å²) < 4.78 is 28.0. The van der Waals surface area contributed by atoms with Gasteiger partial charge >= 0.3 is 0 Å². The Morgan fingerprint density at radius 1 is 1.03 bits per heavy atom. The van der Waals surface area contributed by atoms with Gasteiger partial charge in [0.15, 0.2) is 0 Å². The van der Waals surface area contributed by atoms with Crippen LogP contribution in [0, 0.1) is 0 Å². The molecule has 1 aromatic carbocycles. The van der Waals surface area contributed by atoms with E-state index in [-0.39, 0.29) is 16.5 Å². The van der Waals surface area contributed by atoms with Crippen molar-refractivity contribution in [1.29, 1.82) is 0 Å². The molecule has 0 spiro atoms. The Kier molecular flexibility index (Phi) is 6.10. The lowest BCUT2D eigenvalue weighted by Crippen LogP contribution is -2.26. The van der Waals surface area contributed by atoms with Crippen LogP contribution in [0.3, 0.4) is 0 Å². The Morgan fingerprint density at radius 2 is 1.76 bits per heavy atom. The number of aromatic amines is 1. The van der Waals surface area contributed by atoms with Gasteiger partial charge in [-0.15, -0.1) is 22.7 Å². The van der Waals surface area contributed by atoms with Crippen molar-refractivity contribution in [2.45, 2.75) is 11.3 Å². The molecule has 0 aliphatic heterocycles. The molecule has 2 N–H and O–H groups in total. The minimum Gasteiger partial charge on any atom is -0.276 e. The van der Waals surface area contributed by atoms with Gasteiger partial charge in [-0.3, -0.25) is 5.10 Å². The van der Waals surface area contributed by atoms with E-state index in [0.29, 0.717) is 11.4 Å². The summed E-state index contributed by atoms with van der Waals surface area (Å²) in [6.45, 7) is 0.196. The average molecular weight is 484 g/mol. The topological polar surface area (TPSA) is 74.8 Å². The quantitative estimate of drug-likeness (QED) is 0.354. The largest absolute Gasteiger partial charge is 0.276 e. The van der Waals surface area contributed by atoms with Crippen molar-refractivity contribution in [2.24, 2.45) is 0 Å². The standard InChI is InChI=1S/C19H15Cl2N3O2S3/c20-12-5-6-14(21)17(11-12)29(25,26)22-8-7-13-18(15-3-1-9-27-15)23-24-19(13)16-4-2-10-28-16/h1-6,9-11,22H,7-8H2,(H,23,24). The van der Waals surface area contributed by atoms with Gasteiger partial charge in [0.2, 0.25) is 10.0 Å². The van der Waals surface area contributed by atoms with Gasteiger partial charge in [0.1, 0.15) is 10.6 Å². The molecule has 150 valence electrons. The number of nitrogens with zero attached hydrogens (tertiary/aromatic N) is 1. The van der Waals surface area contributed by atoms with E-state index in [2.05, 4.69) is 14.9 Å². The number of rotatable bonds is 7. The van der Waals surface area contributed by atoms with E-state index < -0.39 is 10.0 Å². The molecule has 0 aliphatic rings. The van der Waals surface area contributed by atoms with Crippen LogP contribution in [0.4, 0.5) is 0 Å². The minimum atomic E-state index is -3.79. The van der Waals surface area contributed by atoms with Gasteiger partial charge in [0.05, 0.1) is 20.5 Å². The molecule has 5 nitrogen and oxygen atoms in total. The molecule has 29 heavy (non-hydrogen) atoms. The molecule has 10 heteroatoms. The van der Waals surface area contributed by atoms with Crippen molar-refractivity contribution >= 4 is 55.9 Å². The molecule has 3 heterocycles. The van der Waals surface area contributed by atoms with Crippen LogP contribution in [-0.4, -0.2) is 25.2 Å². The number of hydrogen-bond donors (Lipinski definition) is 2. The molecule has 0 bridgehead atoms. The summed E-state index contributed by atoms with van der Waals surface area (Å²) in [6, 6.07) is 12.3. The lowest BCUT2D eigenvalue weighted by atomic mass is 10.1. The van der Waals surface area contributed by atoms with E-state index in [4.69, 9.17) is 23.2 Å². The second kappa shape index (κ2) is 8.59. The zero-order valence-corrected chi connectivity index (χ0v) is 18.8. The number of hydrogen-bond acceptors (Lipinski definition) is 5. The van der Waals surface area contributed by atoms with Crippen LogP contribution in [0.5, 0.6) is 0 Å². The van der Waals surface area contributed by atoms with Crippen molar-refractivity contribution in [3.05, 3.63) is 68.8 Å². The summed E-state index contributed by atoms with van der Waals surface area (Å²) in [4.78, 5) is 2.05.